The van der Waals surface area contributed by atoms with Gasteiger partial charge in [0.05, 0.1) is 0 Å². The zero-order valence-corrected chi connectivity index (χ0v) is 17.6. The number of primary amides is 1. The van der Waals surface area contributed by atoms with Crippen molar-refractivity contribution in [3.05, 3.63) is 89.3 Å². The Balaban J connectivity index is 1.65. The SMILES string of the molecule is CC(C)c1ccc(C(=O)c2ncc(-c3cnc4[nH]cc(C=CC(N)=O)c4c3)cc2F)cc1. The highest BCUT2D eigenvalue weighted by atomic mass is 19.1. The molecule has 4 aromatic rings. The number of nitrogens with zero attached hydrogens (tertiary/aromatic N) is 2. The van der Waals surface area contributed by atoms with E-state index in [1.165, 1.54) is 18.3 Å². The van der Waals surface area contributed by atoms with Gasteiger partial charge in [-0.05, 0) is 29.7 Å². The molecule has 3 aromatic heterocycles. The van der Waals surface area contributed by atoms with Crippen LogP contribution in [0.3, 0.4) is 0 Å². The van der Waals surface area contributed by atoms with E-state index in [1.807, 2.05) is 18.2 Å². The molecule has 0 bridgehead atoms. The zero-order valence-electron chi connectivity index (χ0n) is 17.6. The largest absolute Gasteiger partial charge is 0.366 e. The maximum atomic E-state index is 14.8. The van der Waals surface area contributed by atoms with Crippen molar-refractivity contribution in [2.75, 3.05) is 0 Å². The summed E-state index contributed by atoms with van der Waals surface area (Å²) in [6, 6.07) is 10.2. The summed E-state index contributed by atoms with van der Waals surface area (Å²) in [6.45, 7) is 4.13. The van der Waals surface area contributed by atoms with Gasteiger partial charge in [0, 0.05) is 52.3 Å². The Morgan fingerprint density at radius 1 is 1.06 bits per heavy atom. The van der Waals surface area contributed by atoms with E-state index in [4.69, 9.17) is 5.73 Å². The van der Waals surface area contributed by atoms with Crippen LogP contribution in [0.1, 0.15) is 46.9 Å². The Morgan fingerprint density at radius 3 is 2.41 bits per heavy atom. The van der Waals surface area contributed by atoms with E-state index in [0.29, 0.717) is 28.3 Å². The van der Waals surface area contributed by atoms with E-state index < -0.39 is 17.5 Å². The minimum atomic E-state index is -0.705. The van der Waals surface area contributed by atoms with Crippen LogP contribution >= 0.6 is 0 Å². The fourth-order valence-electron chi connectivity index (χ4n) is 3.41. The van der Waals surface area contributed by atoms with Crippen molar-refractivity contribution in [1.82, 2.24) is 15.0 Å². The molecule has 0 aliphatic heterocycles. The van der Waals surface area contributed by atoms with Crippen LogP contribution < -0.4 is 5.73 Å². The number of H-pyrrole nitrogens is 1. The average molecular weight is 428 g/mol. The Hall–Kier alpha value is -4.13. The number of carbonyl (C=O) groups is 2. The third-order valence-electron chi connectivity index (χ3n) is 5.22. The summed E-state index contributed by atoms with van der Waals surface area (Å²) in [6.07, 6.45) is 7.57. The van der Waals surface area contributed by atoms with Gasteiger partial charge in [-0.3, -0.25) is 9.59 Å². The van der Waals surface area contributed by atoms with Crippen molar-refractivity contribution >= 4 is 28.8 Å². The monoisotopic (exact) mass is 428 g/mol. The van der Waals surface area contributed by atoms with Crippen molar-refractivity contribution in [2.45, 2.75) is 19.8 Å². The molecule has 3 N–H and O–H groups in total. The summed E-state index contributed by atoms with van der Waals surface area (Å²) in [5.74, 6) is -1.40. The van der Waals surface area contributed by atoms with E-state index >= 15 is 0 Å². The molecule has 160 valence electrons. The molecule has 0 aliphatic carbocycles. The van der Waals surface area contributed by atoms with Crippen LogP contribution in [0.25, 0.3) is 28.2 Å². The van der Waals surface area contributed by atoms with E-state index in [1.54, 1.807) is 30.6 Å². The number of aromatic nitrogens is 3. The van der Waals surface area contributed by atoms with E-state index in [9.17, 15) is 14.0 Å². The Kier molecular flexibility index (Phi) is 5.64. The standard InChI is InChI=1S/C25H21FN4O2/c1-14(2)15-3-5-16(6-4-15)24(32)23-21(26)10-19(12-28-23)18-9-20-17(7-8-22(27)31)11-29-25(20)30-13-18/h3-14H,1-2H3,(H2,27,31)(H,29,30). The second-order valence-electron chi connectivity index (χ2n) is 7.76. The third-order valence-corrected chi connectivity index (χ3v) is 5.22. The Bertz CT molecular complexity index is 1350. The van der Waals surface area contributed by atoms with Gasteiger partial charge in [-0.25, -0.2) is 14.4 Å². The van der Waals surface area contributed by atoms with Gasteiger partial charge in [-0.1, -0.05) is 38.1 Å². The highest BCUT2D eigenvalue weighted by Crippen LogP contribution is 2.26. The number of benzene rings is 1. The van der Waals surface area contributed by atoms with Crippen molar-refractivity contribution in [2.24, 2.45) is 5.73 Å². The number of rotatable bonds is 6. The molecule has 6 nitrogen and oxygen atoms in total. The molecule has 4 rings (SSSR count). The fraction of sp³-hybridized carbons (Fsp3) is 0.120. The van der Waals surface area contributed by atoms with Crippen LogP contribution in [0.2, 0.25) is 0 Å². The molecule has 7 heteroatoms. The van der Waals surface area contributed by atoms with Crippen molar-refractivity contribution in [3.8, 4) is 11.1 Å². The predicted molar refractivity (Wildman–Crippen MR) is 121 cm³/mol. The number of carbonyl (C=O) groups excluding carboxylic acids is 2. The minimum absolute atomic E-state index is 0.230. The third kappa shape index (κ3) is 4.18. The smallest absolute Gasteiger partial charge is 0.241 e. The van der Waals surface area contributed by atoms with Gasteiger partial charge >= 0.3 is 0 Å². The molecule has 1 amide bonds. The normalized spacial score (nSPS) is 11.5. The first-order valence-electron chi connectivity index (χ1n) is 10.1. The van der Waals surface area contributed by atoms with Crippen molar-refractivity contribution in [3.63, 3.8) is 0 Å². The quantitative estimate of drug-likeness (QED) is 0.346. The van der Waals surface area contributed by atoms with Crippen LogP contribution in [0.15, 0.2) is 61.1 Å². The first kappa shape index (κ1) is 21.1. The predicted octanol–water partition coefficient (Wildman–Crippen LogP) is 4.62. The van der Waals surface area contributed by atoms with E-state index in [0.717, 1.165) is 16.5 Å². The van der Waals surface area contributed by atoms with Gasteiger partial charge in [0.1, 0.15) is 11.3 Å². The number of amides is 1. The molecular weight excluding hydrogens is 407 g/mol. The van der Waals surface area contributed by atoms with Gasteiger partial charge in [-0.2, -0.15) is 0 Å². The van der Waals surface area contributed by atoms with Gasteiger partial charge in [-0.15, -0.1) is 0 Å². The molecule has 0 fully saturated rings. The first-order valence-corrected chi connectivity index (χ1v) is 10.1. The fourth-order valence-corrected chi connectivity index (χ4v) is 3.41. The number of ketones is 1. The summed E-state index contributed by atoms with van der Waals surface area (Å²) in [5.41, 5.74) is 8.86. The number of pyridine rings is 2. The molecule has 0 aliphatic rings. The molecule has 0 spiro atoms. The van der Waals surface area contributed by atoms with E-state index in [-0.39, 0.29) is 5.69 Å². The second-order valence-corrected chi connectivity index (χ2v) is 7.76. The number of nitrogens with two attached hydrogens (primary N) is 1. The number of nitrogens with one attached hydrogen (secondary N) is 1. The maximum Gasteiger partial charge on any atom is 0.241 e. The first-order chi connectivity index (χ1) is 15.3. The number of aromatic amines is 1. The Labute approximate surface area is 184 Å². The lowest BCUT2D eigenvalue weighted by Gasteiger charge is -2.08. The molecule has 0 unspecified atom stereocenters. The second kappa shape index (κ2) is 8.55. The highest BCUT2D eigenvalue weighted by Gasteiger charge is 2.17. The van der Waals surface area contributed by atoms with Crippen molar-refractivity contribution < 1.29 is 14.0 Å². The lowest BCUT2D eigenvalue weighted by Crippen LogP contribution is -2.07. The summed E-state index contributed by atoms with van der Waals surface area (Å²) in [4.78, 5) is 35.2. The Morgan fingerprint density at radius 2 is 1.75 bits per heavy atom. The maximum absolute atomic E-state index is 14.8. The summed E-state index contributed by atoms with van der Waals surface area (Å²) < 4.78 is 14.8. The number of hydrogen-bond donors (Lipinski definition) is 2. The topological polar surface area (TPSA) is 102 Å². The van der Waals surface area contributed by atoms with E-state index in [2.05, 4.69) is 28.8 Å². The van der Waals surface area contributed by atoms with Gasteiger partial charge in [0.25, 0.3) is 0 Å². The van der Waals surface area contributed by atoms with Crippen LogP contribution in [-0.4, -0.2) is 26.6 Å². The molecule has 0 atom stereocenters. The van der Waals surface area contributed by atoms with Crippen LogP contribution in [0, 0.1) is 5.82 Å². The van der Waals surface area contributed by atoms with Crippen LogP contribution in [-0.2, 0) is 4.79 Å². The number of halogens is 1. The highest BCUT2D eigenvalue weighted by molar-refractivity contribution is 6.08. The van der Waals surface area contributed by atoms with Crippen LogP contribution in [0.4, 0.5) is 4.39 Å². The van der Waals surface area contributed by atoms with Crippen LogP contribution in [0.5, 0.6) is 0 Å². The molecular formula is C25H21FN4O2. The lowest BCUT2D eigenvalue weighted by atomic mass is 9.99. The average Bonchev–Trinajstić information content (AvgIpc) is 3.19. The van der Waals surface area contributed by atoms with Crippen molar-refractivity contribution in [1.29, 1.82) is 0 Å². The molecule has 0 saturated carbocycles. The van der Waals surface area contributed by atoms with Gasteiger partial charge in [0.2, 0.25) is 11.7 Å². The molecule has 3 heterocycles. The summed E-state index contributed by atoms with van der Waals surface area (Å²) in [7, 11) is 0. The lowest BCUT2D eigenvalue weighted by molar-refractivity contribution is -0.113. The number of fused-ring (bicyclic) bond motifs is 1. The molecule has 0 saturated heterocycles. The summed E-state index contributed by atoms with van der Waals surface area (Å²) in [5, 5.41) is 0.741. The molecule has 0 radical (unpaired) electrons. The van der Waals surface area contributed by atoms with Gasteiger partial charge < -0.3 is 10.7 Å². The molecule has 32 heavy (non-hydrogen) atoms. The minimum Gasteiger partial charge on any atom is -0.366 e. The van der Waals surface area contributed by atoms with Gasteiger partial charge in [0.15, 0.2) is 5.82 Å². The molecule has 1 aromatic carbocycles. The summed E-state index contributed by atoms with van der Waals surface area (Å²) >= 11 is 0. The number of hydrogen-bond acceptors (Lipinski definition) is 4. The zero-order chi connectivity index (χ0) is 22.8.